The average Bonchev–Trinajstić information content (AvgIpc) is 3.62. The lowest BCUT2D eigenvalue weighted by molar-refractivity contribution is 0.281. The number of nitrogens with zero attached hydrogens (tertiary/aromatic N) is 7. The van der Waals surface area contributed by atoms with Gasteiger partial charge in [-0.05, 0) is 47.4 Å². The van der Waals surface area contributed by atoms with Gasteiger partial charge in [0.2, 0.25) is 0 Å². The fourth-order valence-electron chi connectivity index (χ4n) is 6.38. The fourth-order valence-corrected chi connectivity index (χ4v) is 6.38. The van der Waals surface area contributed by atoms with Crippen LogP contribution in [-0.4, -0.2) is 54.2 Å². The number of nitrogens with one attached hydrogen (secondary N) is 1. The summed E-state index contributed by atoms with van der Waals surface area (Å²) in [5, 5.41) is 22.8. The van der Waals surface area contributed by atoms with Gasteiger partial charge in [0.05, 0.1) is 47.5 Å². The number of pyridine rings is 1. The number of aromatic nitrogens is 5. The van der Waals surface area contributed by atoms with Crippen molar-refractivity contribution in [3.8, 4) is 16.9 Å². The number of anilines is 3. The molecule has 0 unspecified atom stereocenters. The summed E-state index contributed by atoms with van der Waals surface area (Å²) in [5.41, 5.74) is 3.38. The minimum absolute atomic E-state index is 0.0891. The third kappa shape index (κ3) is 5.24. The van der Waals surface area contributed by atoms with Crippen LogP contribution in [0.3, 0.4) is 0 Å². The Labute approximate surface area is 270 Å². The lowest BCUT2D eigenvalue weighted by Crippen LogP contribution is -2.34. The summed E-state index contributed by atoms with van der Waals surface area (Å²) in [7, 11) is 3.63. The maximum absolute atomic E-state index is 15.4. The molecule has 0 radical (unpaired) electrons. The highest BCUT2D eigenvalue weighted by atomic mass is 19.1. The lowest BCUT2D eigenvalue weighted by Gasteiger charge is -2.28. The van der Waals surface area contributed by atoms with Gasteiger partial charge < -0.3 is 20.2 Å². The van der Waals surface area contributed by atoms with Crippen molar-refractivity contribution in [3.05, 3.63) is 110 Å². The van der Waals surface area contributed by atoms with Crippen LogP contribution in [0.1, 0.15) is 38.3 Å². The second kappa shape index (κ2) is 11.2. The molecule has 1 atom stereocenters. The van der Waals surface area contributed by atoms with Gasteiger partial charge in [-0.1, -0.05) is 32.9 Å². The lowest BCUT2D eigenvalue weighted by atomic mass is 9.86. The van der Waals surface area contributed by atoms with Crippen LogP contribution in [-0.2, 0) is 19.1 Å². The first kappa shape index (κ1) is 30.3. The molecule has 5 aromatic rings. The Bertz CT molecular complexity index is 2200. The van der Waals surface area contributed by atoms with Gasteiger partial charge in [-0.2, -0.15) is 14.9 Å². The maximum Gasteiger partial charge on any atom is 0.290 e. The molecular formula is C35H35FN8O3. The molecule has 0 spiro atoms. The van der Waals surface area contributed by atoms with Gasteiger partial charge in [0, 0.05) is 55.5 Å². The number of benzene rings is 2. The van der Waals surface area contributed by atoms with E-state index in [1.54, 1.807) is 36.5 Å². The third-order valence-corrected chi connectivity index (χ3v) is 8.99. The predicted octanol–water partition coefficient (Wildman–Crippen LogP) is 4.58. The highest BCUT2D eigenvalue weighted by molar-refractivity contribution is 5.83. The molecule has 5 heterocycles. The highest BCUT2D eigenvalue weighted by Gasteiger charge is 2.35. The van der Waals surface area contributed by atoms with Crippen LogP contribution < -0.4 is 21.3 Å². The Balaban J connectivity index is 1.24. The molecular weight excluding hydrogens is 599 g/mol. The summed E-state index contributed by atoms with van der Waals surface area (Å²) in [4.78, 5) is 35.8. The monoisotopic (exact) mass is 634 g/mol. The zero-order chi connectivity index (χ0) is 33.2. The SMILES string of the molecule is CN1C[C@H]2CC1=CN2c1ccc(Nc2cc(-c3cccc(-n4ncc5cc(C(C)(C)C)cc(F)c5c4=O)c3CO)nn(C)c2=O)nc1. The second-order valence-electron chi connectivity index (χ2n) is 13.2. The zero-order valence-electron chi connectivity index (χ0n) is 26.8. The molecule has 240 valence electrons. The van der Waals surface area contributed by atoms with Gasteiger partial charge in [-0.25, -0.2) is 14.1 Å². The third-order valence-electron chi connectivity index (χ3n) is 8.99. The van der Waals surface area contributed by atoms with Gasteiger partial charge >= 0.3 is 0 Å². The molecule has 1 saturated heterocycles. The molecule has 2 aliphatic heterocycles. The maximum atomic E-state index is 15.4. The zero-order valence-corrected chi connectivity index (χ0v) is 26.8. The summed E-state index contributed by atoms with van der Waals surface area (Å²) in [6.45, 7) is 6.41. The smallest absolute Gasteiger partial charge is 0.290 e. The Hall–Kier alpha value is -5.36. The van der Waals surface area contributed by atoms with E-state index < -0.39 is 18.0 Å². The van der Waals surface area contributed by atoms with Crippen LogP contribution in [0.2, 0.25) is 0 Å². The first-order valence-corrected chi connectivity index (χ1v) is 15.4. The largest absolute Gasteiger partial charge is 0.392 e. The van der Waals surface area contributed by atoms with E-state index in [1.807, 2.05) is 32.9 Å². The number of hydrogen-bond donors (Lipinski definition) is 2. The van der Waals surface area contributed by atoms with E-state index in [0.29, 0.717) is 34.1 Å². The van der Waals surface area contributed by atoms with Crippen LogP contribution in [0, 0.1) is 5.82 Å². The van der Waals surface area contributed by atoms with Gasteiger partial charge in [-0.3, -0.25) is 9.59 Å². The number of halogens is 1. The molecule has 0 saturated carbocycles. The van der Waals surface area contributed by atoms with E-state index in [-0.39, 0.29) is 27.7 Å². The van der Waals surface area contributed by atoms with Gasteiger partial charge in [0.1, 0.15) is 17.3 Å². The quantitative estimate of drug-likeness (QED) is 0.277. The van der Waals surface area contributed by atoms with Gasteiger partial charge in [0.15, 0.2) is 0 Å². The van der Waals surface area contributed by atoms with Crippen LogP contribution in [0.4, 0.5) is 21.6 Å². The number of likely N-dealkylation sites (tertiary alicyclic amines) is 1. The number of likely N-dealkylation sites (N-methyl/N-ethyl adjacent to an activating group) is 1. The Morgan fingerprint density at radius 3 is 2.51 bits per heavy atom. The van der Waals surface area contributed by atoms with E-state index in [2.05, 4.69) is 43.5 Å². The fraction of sp³-hybridized carbons (Fsp3) is 0.286. The summed E-state index contributed by atoms with van der Waals surface area (Å²) in [6.07, 6.45) is 6.40. The Kier molecular flexibility index (Phi) is 7.20. The molecule has 47 heavy (non-hydrogen) atoms. The Morgan fingerprint density at radius 1 is 1.04 bits per heavy atom. The van der Waals surface area contributed by atoms with E-state index in [4.69, 9.17) is 0 Å². The summed E-state index contributed by atoms with van der Waals surface area (Å²) in [5.74, 6) is -0.151. The summed E-state index contributed by atoms with van der Waals surface area (Å²) in [6, 6.07) is 14.0. The molecule has 7 rings (SSSR count). The van der Waals surface area contributed by atoms with Crippen LogP contribution >= 0.6 is 0 Å². The molecule has 0 aliphatic carbocycles. The number of aliphatic hydroxyl groups is 1. The van der Waals surface area contributed by atoms with Crippen molar-refractivity contribution >= 4 is 28.0 Å². The van der Waals surface area contributed by atoms with Crippen molar-refractivity contribution in [2.75, 3.05) is 23.8 Å². The van der Waals surface area contributed by atoms with E-state index in [9.17, 15) is 14.7 Å². The standard InChI is InChI=1S/C35H35FN8O3/c1-35(2,3)21-11-20-15-38-44(34(47)32(20)27(36)12-21)30-8-6-7-25(26(30)19-45)28-14-29(33(46)42(5)40-28)39-31-10-9-22(16-37-31)43-18-23-13-24(43)17-41(23)4/h6-12,14-16,18,24,45H,13,17,19H2,1-5H3,(H,37,39)/t24-/m1/s1. The molecule has 11 nitrogen and oxygen atoms in total. The van der Waals surface area contributed by atoms with Crippen molar-refractivity contribution in [2.24, 2.45) is 7.05 Å². The number of rotatable bonds is 6. The molecule has 1 fully saturated rings. The first-order chi connectivity index (χ1) is 22.4. The van der Waals surface area contributed by atoms with Crippen molar-refractivity contribution in [1.82, 2.24) is 29.4 Å². The van der Waals surface area contributed by atoms with Gasteiger partial charge in [0.25, 0.3) is 11.1 Å². The molecule has 2 bridgehead atoms. The topological polar surface area (TPSA) is 121 Å². The number of fused-ring (bicyclic) bond motifs is 3. The molecule has 0 amide bonds. The summed E-state index contributed by atoms with van der Waals surface area (Å²) >= 11 is 0. The highest BCUT2D eigenvalue weighted by Crippen LogP contribution is 2.35. The Morgan fingerprint density at radius 2 is 1.85 bits per heavy atom. The predicted molar refractivity (Wildman–Crippen MR) is 180 cm³/mol. The molecule has 2 aromatic carbocycles. The minimum atomic E-state index is -0.650. The van der Waals surface area contributed by atoms with Crippen molar-refractivity contribution in [1.29, 1.82) is 0 Å². The van der Waals surface area contributed by atoms with E-state index in [1.165, 1.54) is 29.7 Å². The van der Waals surface area contributed by atoms with Crippen LogP contribution in [0.5, 0.6) is 0 Å². The van der Waals surface area contributed by atoms with Crippen molar-refractivity contribution in [2.45, 2.75) is 45.3 Å². The number of aryl methyl sites for hydroxylation is 1. The minimum Gasteiger partial charge on any atom is -0.392 e. The number of aliphatic hydroxyl groups excluding tert-OH is 1. The van der Waals surface area contributed by atoms with Crippen LogP contribution in [0.15, 0.2) is 82.4 Å². The summed E-state index contributed by atoms with van der Waals surface area (Å²) < 4.78 is 17.7. The van der Waals surface area contributed by atoms with Crippen LogP contribution in [0.25, 0.3) is 27.7 Å². The molecule has 2 N–H and O–H groups in total. The second-order valence-corrected chi connectivity index (χ2v) is 13.2. The average molecular weight is 635 g/mol. The van der Waals surface area contributed by atoms with E-state index in [0.717, 1.165) is 28.9 Å². The normalized spacial score (nSPS) is 15.9. The first-order valence-electron chi connectivity index (χ1n) is 15.4. The molecule has 3 aromatic heterocycles. The molecule has 2 aliphatic rings. The van der Waals surface area contributed by atoms with Crippen molar-refractivity contribution in [3.63, 3.8) is 0 Å². The molecule has 12 heteroatoms. The number of hydrogen-bond acceptors (Lipinski definition) is 9. The van der Waals surface area contributed by atoms with E-state index >= 15 is 4.39 Å². The van der Waals surface area contributed by atoms with Gasteiger partial charge in [-0.15, -0.1) is 0 Å². The van der Waals surface area contributed by atoms with Crippen molar-refractivity contribution < 1.29 is 9.50 Å².